The van der Waals surface area contributed by atoms with Gasteiger partial charge in [0.25, 0.3) is 0 Å². The van der Waals surface area contributed by atoms with Gasteiger partial charge in [-0.25, -0.2) is 9.48 Å². The van der Waals surface area contributed by atoms with Crippen LogP contribution in [0.4, 0.5) is 5.95 Å². The Morgan fingerprint density at radius 1 is 1.47 bits per heavy atom. The van der Waals surface area contributed by atoms with Gasteiger partial charge in [-0.05, 0) is 25.1 Å². The Balaban J connectivity index is 2.13. The van der Waals surface area contributed by atoms with Crippen molar-refractivity contribution in [1.29, 1.82) is 0 Å². The molecule has 7 heteroatoms. The molecule has 19 heavy (non-hydrogen) atoms. The topological polar surface area (TPSA) is 92.9 Å². The van der Waals surface area contributed by atoms with E-state index in [2.05, 4.69) is 20.4 Å². The van der Waals surface area contributed by atoms with Crippen molar-refractivity contribution >= 4 is 11.9 Å². The van der Waals surface area contributed by atoms with Gasteiger partial charge in [-0.1, -0.05) is 6.07 Å². The first-order valence-corrected chi connectivity index (χ1v) is 5.71. The fraction of sp³-hybridized carbons (Fsp3) is 0.167. The highest BCUT2D eigenvalue weighted by Gasteiger charge is 2.26. The molecule has 0 saturated heterocycles. The number of rotatable bonds is 2. The average molecular weight is 257 g/mol. The van der Waals surface area contributed by atoms with E-state index in [1.807, 2.05) is 12.1 Å². The molecule has 1 aliphatic heterocycles. The standard InChI is InChI=1S/C12H11N5O2/c1-7-14-12-15-9(11(18)19)6-10(17(12)16-7)8-4-2-3-5-13-8/h2-6,10H,1H3,(H,18,19)(H,14,15,16)/t10-/m0/s1. The first-order chi connectivity index (χ1) is 9.15. The lowest BCUT2D eigenvalue weighted by Crippen LogP contribution is -2.24. The lowest BCUT2D eigenvalue weighted by molar-refractivity contribution is -0.132. The highest BCUT2D eigenvalue weighted by Crippen LogP contribution is 2.27. The van der Waals surface area contributed by atoms with Gasteiger partial charge >= 0.3 is 5.97 Å². The average Bonchev–Trinajstić information content (AvgIpc) is 2.78. The van der Waals surface area contributed by atoms with Crippen LogP contribution in [0.3, 0.4) is 0 Å². The highest BCUT2D eigenvalue weighted by atomic mass is 16.4. The number of pyridine rings is 1. The first-order valence-electron chi connectivity index (χ1n) is 5.71. The SMILES string of the molecule is Cc1nc2n(n1)[C@H](c1ccccn1)C=C(C(=O)O)N2. The summed E-state index contributed by atoms with van der Waals surface area (Å²) < 4.78 is 1.63. The summed E-state index contributed by atoms with van der Waals surface area (Å²) in [6.07, 6.45) is 3.24. The van der Waals surface area contributed by atoms with E-state index < -0.39 is 5.97 Å². The number of aryl methyl sites for hydroxylation is 1. The van der Waals surface area contributed by atoms with Crippen molar-refractivity contribution in [2.75, 3.05) is 5.32 Å². The molecule has 2 aromatic rings. The van der Waals surface area contributed by atoms with E-state index in [4.69, 9.17) is 5.11 Å². The lowest BCUT2D eigenvalue weighted by Gasteiger charge is -2.21. The minimum absolute atomic E-state index is 0.0792. The molecule has 2 aromatic heterocycles. The zero-order chi connectivity index (χ0) is 13.4. The van der Waals surface area contributed by atoms with Crippen LogP contribution >= 0.6 is 0 Å². The summed E-state index contributed by atoms with van der Waals surface area (Å²) in [6.45, 7) is 1.75. The maximum absolute atomic E-state index is 11.1. The molecule has 1 aliphatic rings. The molecule has 0 saturated carbocycles. The molecule has 0 aromatic carbocycles. The number of fused-ring (bicyclic) bond motifs is 1. The van der Waals surface area contributed by atoms with Crippen molar-refractivity contribution in [3.8, 4) is 0 Å². The highest BCUT2D eigenvalue weighted by molar-refractivity contribution is 5.90. The molecule has 0 spiro atoms. The van der Waals surface area contributed by atoms with Crippen LogP contribution in [0.1, 0.15) is 17.6 Å². The number of hydrogen-bond donors (Lipinski definition) is 2. The number of nitrogens with zero attached hydrogens (tertiary/aromatic N) is 4. The molecular weight excluding hydrogens is 246 g/mol. The molecule has 0 bridgehead atoms. The van der Waals surface area contributed by atoms with Crippen LogP contribution in [0.5, 0.6) is 0 Å². The number of nitrogens with one attached hydrogen (secondary N) is 1. The molecule has 3 heterocycles. The Kier molecular flexibility index (Phi) is 2.52. The number of allylic oxidation sites excluding steroid dienone is 1. The summed E-state index contributed by atoms with van der Waals surface area (Å²) >= 11 is 0. The summed E-state index contributed by atoms with van der Waals surface area (Å²) in [5.41, 5.74) is 0.796. The van der Waals surface area contributed by atoms with Crippen molar-refractivity contribution in [3.05, 3.63) is 47.7 Å². The van der Waals surface area contributed by atoms with E-state index >= 15 is 0 Å². The lowest BCUT2D eigenvalue weighted by atomic mass is 10.1. The Morgan fingerprint density at radius 3 is 3.00 bits per heavy atom. The third-order valence-electron chi connectivity index (χ3n) is 2.79. The molecule has 2 N–H and O–H groups in total. The van der Waals surface area contributed by atoms with Gasteiger partial charge in [0.2, 0.25) is 5.95 Å². The van der Waals surface area contributed by atoms with E-state index in [-0.39, 0.29) is 11.7 Å². The smallest absolute Gasteiger partial charge is 0.352 e. The maximum atomic E-state index is 11.1. The Hall–Kier alpha value is -2.70. The van der Waals surface area contributed by atoms with Crippen molar-refractivity contribution < 1.29 is 9.90 Å². The Bertz CT molecular complexity index is 662. The van der Waals surface area contributed by atoms with Crippen molar-refractivity contribution in [1.82, 2.24) is 19.7 Å². The molecule has 7 nitrogen and oxygen atoms in total. The molecule has 0 amide bonds. The zero-order valence-electron chi connectivity index (χ0n) is 10.1. The van der Waals surface area contributed by atoms with E-state index in [9.17, 15) is 4.79 Å². The first kappa shape index (κ1) is 11.4. The number of hydrogen-bond acceptors (Lipinski definition) is 5. The van der Waals surface area contributed by atoms with Crippen LogP contribution in [0.15, 0.2) is 36.2 Å². The van der Waals surface area contributed by atoms with E-state index in [0.29, 0.717) is 17.5 Å². The van der Waals surface area contributed by atoms with Crippen LogP contribution in [-0.2, 0) is 4.79 Å². The number of aliphatic carboxylic acids is 1. The molecule has 0 unspecified atom stereocenters. The molecule has 3 rings (SSSR count). The molecule has 0 fully saturated rings. The van der Waals surface area contributed by atoms with Gasteiger partial charge in [-0.2, -0.15) is 10.1 Å². The number of carbonyl (C=O) groups is 1. The third-order valence-corrected chi connectivity index (χ3v) is 2.79. The monoisotopic (exact) mass is 257 g/mol. The van der Waals surface area contributed by atoms with Gasteiger partial charge < -0.3 is 10.4 Å². The van der Waals surface area contributed by atoms with E-state index in [0.717, 1.165) is 0 Å². The molecule has 0 radical (unpaired) electrons. The predicted octanol–water partition coefficient (Wildman–Crippen LogP) is 0.965. The van der Waals surface area contributed by atoms with Crippen LogP contribution in [0.2, 0.25) is 0 Å². The van der Waals surface area contributed by atoms with Crippen molar-refractivity contribution in [3.63, 3.8) is 0 Å². The van der Waals surface area contributed by atoms with Crippen LogP contribution in [0, 0.1) is 6.92 Å². The van der Waals surface area contributed by atoms with E-state index in [1.165, 1.54) is 0 Å². The van der Waals surface area contributed by atoms with Gasteiger partial charge in [0.1, 0.15) is 17.6 Å². The fourth-order valence-electron chi connectivity index (χ4n) is 1.99. The van der Waals surface area contributed by atoms with Crippen molar-refractivity contribution in [2.45, 2.75) is 13.0 Å². The minimum Gasteiger partial charge on any atom is -0.477 e. The van der Waals surface area contributed by atoms with Crippen LogP contribution in [0.25, 0.3) is 0 Å². The third kappa shape index (κ3) is 1.95. The van der Waals surface area contributed by atoms with Gasteiger partial charge in [-0.3, -0.25) is 4.98 Å². The minimum atomic E-state index is -1.03. The summed E-state index contributed by atoms with van der Waals surface area (Å²) in [6, 6.07) is 5.11. The normalized spacial score (nSPS) is 17.3. The number of anilines is 1. The van der Waals surface area contributed by atoms with Gasteiger partial charge in [0, 0.05) is 6.20 Å². The molecule has 0 aliphatic carbocycles. The molecular formula is C12H11N5O2. The molecule has 1 atom stereocenters. The fourth-order valence-corrected chi connectivity index (χ4v) is 1.99. The Morgan fingerprint density at radius 2 is 2.32 bits per heavy atom. The second-order valence-corrected chi connectivity index (χ2v) is 4.14. The second-order valence-electron chi connectivity index (χ2n) is 4.14. The summed E-state index contributed by atoms with van der Waals surface area (Å²) in [5, 5.41) is 16.1. The van der Waals surface area contributed by atoms with E-state index in [1.54, 1.807) is 29.9 Å². The number of aromatic nitrogens is 4. The van der Waals surface area contributed by atoms with Crippen molar-refractivity contribution in [2.24, 2.45) is 0 Å². The number of carboxylic acids is 1. The number of carboxylic acid groups (broad SMARTS) is 1. The summed E-state index contributed by atoms with van der Waals surface area (Å²) in [7, 11) is 0. The summed E-state index contributed by atoms with van der Waals surface area (Å²) in [4.78, 5) is 19.6. The van der Waals surface area contributed by atoms with Gasteiger partial charge in [0.15, 0.2) is 0 Å². The van der Waals surface area contributed by atoms with Crippen LogP contribution in [-0.4, -0.2) is 30.8 Å². The maximum Gasteiger partial charge on any atom is 0.352 e. The molecule has 96 valence electrons. The van der Waals surface area contributed by atoms with Crippen LogP contribution < -0.4 is 5.32 Å². The van der Waals surface area contributed by atoms with Gasteiger partial charge in [-0.15, -0.1) is 0 Å². The van der Waals surface area contributed by atoms with Gasteiger partial charge in [0.05, 0.1) is 5.69 Å². The quantitative estimate of drug-likeness (QED) is 0.832. The largest absolute Gasteiger partial charge is 0.477 e. The summed E-state index contributed by atoms with van der Waals surface area (Å²) in [5.74, 6) is -0.0515. The second kappa shape index (κ2) is 4.20. The Labute approximate surface area is 108 Å². The predicted molar refractivity (Wildman–Crippen MR) is 66.5 cm³/mol. The zero-order valence-corrected chi connectivity index (χ0v) is 10.1.